The van der Waals surface area contributed by atoms with Crippen molar-refractivity contribution < 1.29 is 14.5 Å². The van der Waals surface area contributed by atoms with Crippen LogP contribution in [0, 0.1) is 10.1 Å². The Morgan fingerprint density at radius 2 is 2.00 bits per heavy atom. The van der Waals surface area contributed by atoms with E-state index in [0.29, 0.717) is 24.1 Å². The van der Waals surface area contributed by atoms with Crippen LogP contribution < -0.4 is 0 Å². The highest BCUT2D eigenvalue weighted by molar-refractivity contribution is 5.94. The molecule has 0 bridgehead atoms. The molecule has 146 valence electrons. The number of likely N-dealkylation sites (tertiary alicyclic amines) is 1. The van der Waals surface area contributed by atoms with Gasteiger partial charge in [-0.3, -0.25) is 19.7 Å². The molecule has 7 heteroatoms. The van der Waals surface area contributed by atoms with Crippen molar-refractivity contribution >= 4 is 17.5 Å². The summed E-state index contributed by atoms with van der Waals surface area (Å²) in [6.07, 6.45) is 1.46. The van der Waals surface area contributed by atoms with E-state index in [1.807, 2.05) is 25.1 Å². The smallest absolute Gasteiger partial charge is 0.269 e. The Balaban J connectivity index is 1.75. The molecule has 0 spiro atoms. The van der Waals surface area contributed by atoms with Gasteiger partial charge in [-0.05, 0) is 36.6 Å². The number of benzene rings is 2. The minimum absolute atomic E-state index is 0.00229. The summed E-state index contributed by atoms with van der Waals surface area (Å²) in [6.45, 7) is 3.09. The summed E-state index contributed by atoms with van der Waals surface area (Å²) in [5, 5.41) is 11.0. The average molecular weight is 381 g/mol. The quantitative estimate of drug-likeness (QED) is 0.566. The Labute approximate surface area is 163 Å². The van der Waals surface area contributed by atoms with Gasteiger partial charge in [0.15, 0.2) is 0 Å². The van der Waals surface area contributed by atoms with E-state index in [1.165, 1.54) is 12.1 Å². The van der Waals surface area contributed by atoms with E-state index in [0.717, 1.165) is 18.5 Å². The number of rotatable bonds is 6. The number of carbonyl (C=O) groups is 2. The van der Waals surface area contributed by atoms with Crippen LogP contribution in [0.2, 0.25) is 0 Å². The maximum atomic E-state index is 12.9. The second kappa shape index (κ2) is 8.21. The van der Waals surface area contributed by atoms with Crippen molar-refractivity contribution in [1.82, 2.24) is 9.80 Å². The lowest BCUT2D eigenvalue weighted by molar-refractivity contribution is -0.384. The highest BCUT2D eigenvalue weighted by atomic mass is 16.6. The molecule has 0 aliphatic carbocycles. The number of carbonyl (C=O) groups excluding carboxylic acids is 2. The first-order chi connectivity index (χ1) is 13.4. The summed E-state index contributed by atoms with van der Waals surface area (Å²) >= 11 is 0. The van der Waals surface area contributed by atoms with Crippen LogP contribution in [0.25, 0.3) is 0 Å². The monoisotopic (exact) mass is 381 g/mol. The predicted octanol–water partition coefficient (Wildman–Crippen LogP) is 3.55. The number of nitro benzene ring substituents is 1. The fraction of sp³-hybridized carbons (Fsp3) is 0.333. The van der Waals surface area contributed by atoms with Crippen LogP contribution in [0.4, 0.5) is 5.69 Å². The minimum atomic E-state index is -0.443. The Morgan fingerprint density at radius 1 is 1.25 bits per heavy atom. The normalized spacial score (nSPS) is 14.8. The van der Waals surface area contributed by atoms with Crippen LogP contribution in [0.3, 0.4) is 0 Å². The van der Waals surface area contributed by atoms with Crippen molar-refractivity contribution in [3.63, 3.8) is 0 Å². The third-order valence-electron chi connectivity index (χ3n) is 5.18. The molecule has 28 heavy (non-hydrogen) atoms. The number of hydrogen-bond donors (Lipinski definition) is 0. The van der Waals surface area contributed by atoms with Crippen LogP contribution in [0.15, 0.2) is 48.5 Å². The van der Waals surface area contributed by atoms with E-state index >= 15 is 0 Å². The summed E-state index contributed by atoms with van der Waals surface area (Å²) < 4.78 is 0. The molecular weight excluding hydrogens is 358 g/mol. The fourth-order valence-corrected chi connectivity index (χ4v) is 3.40. The highest BCUT2D eigenvalue weighted by Crippen LogP contribution is 2.25. The van der Waals surface area contributed by atoms with Gasteiger partial charge in [-0.1, -0.05) is 24.3 Å². The lowest BCUT2D eigenvalue weighted by Gasteiger charge is -2.25. The van der Waals surface area contributed by atoms with Gasteiger partial charge in [0.25, 0.3) is 11.6 Å². The summed E-state index contributed by atoms with van der Waals surface area (Å²) in [7, 11) is 1.68. The summed E-state index contributed by atoms with van der Waals surface area (Å²) in [5.41, 5.74) is 2.15. The zero-order chi connectivity index (χ0) is 20.3. The molecule has 2 amide bonds. The van der Waals surface area contributed by atoms with E-state index in [2.05, 4.69) is 0 Å². The van der Waals surface area contributed by atoms with Gasteiger partial charge in [-0.25, -0.2) is 0 Å². The van der Waals surface area contributed by atoms with Crippen LogP contribution in [0.1, 0.15) is 47.3 Å². The molecule has 1 atom stereocenters. The summed E-state index contributed by atoms with van der Waals surface area (Å²) in [4.78, 5) is 38.7. The molecule has 0 N–H and O–H groups in total. The second-order valence-corrected chi connectivity index (χ2v) is 7.06. The van der Waals surface area contributed by atoms with Gasteiger partial charge in [0.05, 0.1) is 11.0 Å². The molecule has 0 saturated carbocycles. The third-order valence-corrected chi connectivity index (χ3v) is 5.18. The first-order valence-corrected chi connectivity index (χ1v) is 9.25. The zero-order valence-electron chi connectivity index (χ0n) is 16.0. The Morgan fingerprint density at radius 3 is 2.68 bits per heavy atom. The Bertz CT molecular complexity index is 912. The topological polar surface area (TPSA) is 83.8 Å². The van der Waals surface area contributed by atoms with Crippen molar-refractivity contribution in [1.29, 1.82) is 0 Å². The van der Waals surface area contributed by atoms with E-state index in [1.54, 1.807) is 35.0 Å². The van der Waals surface area contributed by atoms with Crippen molar-refractivity contribution in [2.45, 2.75) is 32.4 Å². The first kappa shape index (κ1) is 19.5. The van der Waals surface area contributed by atoms with Gasteiger partial charge in [-0.2, -0.15) is 0 Å². The molecular formula is C21H23N3O4. The number of hydrogen-bond acceptors (Lipinski definition) is 4. The van der Waals surface area contributed by atoms with Gasteiger partial charge in [0.1, 0.15) is 0 Å². The molecule has 0 radical (unpaired) electrons. The molecule has 0 aromatic heterocycles. The van der Waals surface area contributed by atoms with Gasteiger partial charge in [0.2, 0.25) is 5.91 Å². The Hall–Kier alpha value is -3.22. The molecule has 2 aromatic carbocycles. The van der Waals surface area contributed by atoms with Crippen molar-refractivity contribution in [2.75, 3.05) is 13.6 Å². The lowest BCUT2D eigenvalue weighted by Crippen LogP contribution is -2.30. The van der Waals surface area contributed by atoms with Gasteiger partial charge in [0, 0.05) is 44.3 Å². The Kier molecular flexibility index (Phi) is 5.73. The largest absolute Gasteiger partial charge is 0.338 e. The standard InChI is InChI=1S/C21H23N3O4/c1-15(17-7-4-9-19(13-17)24(27)28)22(2)21(26)18-8-3-6-16(12-18)14-23-11-5-10-20(23)25/h3-4,6-9,12-13,15H,5,10-11,14H2,1-2H3. The highest BCUT2D eigenvalue weighted by Gasteiger charge is 2.22. The van der Waals surface area contributed by atoms with Gasteiger partial charge >= 0.3 is 0 Å². The number of nitrogens with zero attached hydrogens (tertiary/aromatic N) is 3. The molecule has 2 aromatic rings. The maximum Gasteiger partial charge on any atom is 0.269 e. The van der Waals surface area contributed by atoms with E-state index in [-0.39, 0.29) is 23.5 Å². The maximum absolute atomic E-state index is 12.9. The molecule has 1 saturated heterocycles. The van der Waals surface area contributed by atoms with E-state index < -0.39 is 4.92 Å². The minimum Gasteiger partial charge on any atom is -0.338 e. The summed E-state index contributed by atoms with van der Waals surface area (Å²) in [5.74, 6) is -0.0262. The van der Waals surface area contributed by atoms with Crippen LogP contribution in [-0.4, -0.2) is 40.1 Å². The molecule has 7 nitrogen and oxygen atoms in total. The molecule has 1 unspecified atom stereocenters. The van der Waals surface area contributed by atoms with Crippen molar-refractivity contribution in [3.8, 4) is 0 Å². The molecule has 1 aliphatic heterocycles. The van der Waals surface area contributed by atoms with Crippen LogP contribution in [-0.2, 0) is 11.3 Å². The second-order valence-electron chi connectivity index (χ2n) is 7.06. The fourth-order valence-electron chi connectivity index (χ4n) is 3.40. The van der Waals surface area contributed by atoms with Crippen molar-refractivity contribution in [3.05, 3.63) is 75.3 Å². The number of amides is 2. The van der Waals surface area contributed by atoms with Crippen molar-refractivity contribution in [2.24, 2.45) is 0 Å². The number of non-ortho nitro benzene ring substituents is 1. The molecule has 1 fully saturated rings. The average Bonchev–Trinajstić information content (AvgIpc) is 3.11. The first-order valence-electron chi connectivity index (χ1n) is 9.25. The van der Waals surface area contributed by atoms with E-state index in [9.17, 15) is 19.7 Å². The summed E-state index contributed by atoms with van der Waals surface area (Å²) in [6, 6.07) is 13.3. The molecule has 1 heterocycles. The number of nitro groups is 1. The molecule has 1 aliphatic rings. The van der Waals surface area contributed by atoms with Crippen LogP contribution in [0.5, 0.6) is 0 Å². The van der Waals surface area contributed by atoms with Gasteiger partial charge < -0.3 is 9.80 Å². The van der Waals surface area contributed by atoms with Gasteiger partial charge in [-0.15, -0.1) is 0 Å². The lowest BCUT2D eigenvalue weighted by atomic mass is 10.0. The SMILES string of the molecule is CC(c1cccc([N+](=O)[O-])c1)N(C)C(=O)c1cccc(CN2CCCC2=O)c1. The zero-order valence-corrected chi connectivity index (χ0v) is 16.0. The van der Waals surface area contributed by atoms with Crippen LogP contribution >= 0.6 is 0 Å². The predicted molar refractivity (Wildman–Crippen MR) is 105 cm³/mol. The van der Waals surface area contributed by atoms with E-state index in [4.69, 9.17) is 0 Å². The third kappa shape index (κ3) is 4.19. The molecule has 3 rings (SSSR count).